The van der Waals surface area contributed by atoms with Gasteiger partial charge >= 0.3 is 5.97 Å². The van der Waals surface area contributed by atoms with E-state index in [2.05, 4.69) is 26.0 Å². The third kappa shape index (κ3) is 13.1. The van der Waals surface area contributed by atoms with Gasteiger partial charge < -0.3 is 26.4 Å². The summed E-state index contributed by atoms with van der Waals surface area (Å²) in [5, 5.41) is 21.4. The predicted octanol–water partition coefficient (Wildman–Crippen LogP) is 1.98. The molecule has 2 heterocycles. The van der Waals surface area contributed by atoms with E-state index in [9.17, 15) is 27.9 Å². The first-order valence-electron chi connectivity index (χ1n) is 14.4. The standard InChI is InChI=1S/C28H45N5O6S.2ClH/c1-20-2-8-24(9-3-20)40(38,39)33-25(28(36)37)18-31-26(34)19-32-27(35)23(6-4-21-10-14-29-15-11-21)7-5-22-12-16-30-17-13-22;;/h2-3,8-9,21-23,25,29-30,33H,4-7,10-19H2,1H3,(H,31,34)(H,32,35)(H,36,37);2*1H. The maximum atomic E-state index is 13.1. The molecule has 42 heavy (non-hydrogen) atoms. The Labute approximate surface area is 262 Å². The summed E-state index contributed by atoms with van der Waals surface area (Å²) in [6.45, 7) is 5.09. The number of hydrogen-bond donors (Lipinski definition) is 6. The van der Waals surface area contributed by atoms with Crippen molar-refractivity contribution < 1.29 is 27.9 Å². The number of rotatable bonds is 15. The van der Waals surface area contributed by atoms with Crippen LogP contribution in [0.4, 0.5) is 0 Å². The van der Waals surface area contributed by atoms with Crippen molar-refractivity contribution in [1.29, 1.82) is 0 Å². The number of amides is 2. The highest BCUT2D eigenvalue weighted by Gasteiger charge is 2.27. The van der Waals surface area contributed by atoms with Crippen molar-refractivity contribution in [3.05, 3.63) is 29.8 Å². The second-order valence-electron chi connectivity index (χ2n) is 11.1. The van der Waals surface area contributed by atoms with E-state index in [1.807, 2.05) is 6.92 Å². The Kier molecular flexibility index (Phi) is 17.5. The molecule has 2 fully saturated rings. The van der Waals surface area contributed by atoms with Crippen molar-refractivity contribution >= 4 is 52.6 Å². The quantitative estimate of drug-likeness (QED) is 0.167. The van der Waals surface area contributed by atoms with Crippen LogP contribution in [0.2, 0.25) is 0 Å². The summed E-state index contributed by atoms with van der Waals surface area (Å²) in [5.74, 6) is -1.12. The van der Waals surface area contributed by atoms with Crippen LogP contribution < -0.4 is 26.0 Å². The summed E-state index contributed by atoms with van der Waals surface area (Å²) in [5.41, 5.74) is 0.864. The van der Waals surface area contributed by atoms with Crippen LogP contribution in [0.15, 0.2) is 29.2 Å². The fourth-order valence-electron chi connectivity index (χ4n) is 5.36. The number of halogens is 2. The summed E-state index contributed by atoms with van der Waals surface area (Å²) in [6, 6.07) is 4.44. The maximum Gasteiger partial charge on any atom is 0.323 e. The van der Waals surface area contributed by atoms with E-state index in [1.165, 1.54) is 12.1 Å². The minimum atomic E-state index is -4.10. The zero-order chi connectivity index (χ0) is 29.0. The lowest BCUT2D eigenvalue weighted by Gasteiger charge is -2.27. The van der Waals surface area contributed by atoms with Gasteiger partial charge in [-0.3, -0.25) is 14.4 Å². The Morgan fingerprint density at radius 3 is 1.86 bits per heavy atom. The lowest BCUT2D eigenvalue weighted by atomic mass is 9.84. The molecule has 6 N–H and O–H groups in total. The van der Waals surface area contributed by atoms with E-state index in [0.29, 0.717) is 11.8 Å². The van der Waals surface area contributed by atoms with E-state index >= 15 is 0 Å². The maximum absolute atomic E-state index is 13.1. The van der Waals surface area contributed by atoms with Crippen LogP contribution in [0.1, 0.15) is 56.9 Å². The molecule has 1 unspecified atom stereocenters. The van der Waals surface area contributed by atoms with Gasteiger partial charge in [0.2, 0.25) is 21.8 Å². The van der Waals surface area contributed by atoms with Crippen LogP contribution in [0, 0.1) is 24.7 Å². The number of sulfonamides is 1. The number of hydrogen-bond acceptors (Lipinski definition) is 7. The van der Waals surface area contributed by atoms with Crippen LogP contribution in [0.25, 0.3) is 0 Å². The van der Waals surface area contributed by atoms with Gasteiger partial charge in [-0.2, -0.15) is 4.72 Å². The van der Waals surface area contributed by atoms with E-state index in [-0.39, 0.29) is 48.1 Å². The number of benzene rings is 1. The molecule has 0 radical (unpaired) electrons. The number of aliphatic carboxylic acids is 1. The fourth-order valence-corrected chi connectivity index (χ4v) is 6.55. The minimum absolute atomic E-state index is 0. The number of piperidine rings is 2. The molecular formula is C28H47Cl2N5O6S. The van der Waals surface area contributed by atoms with Gasteiger partial charge in [0.15, 0.2) is 0 Å². The van der Waals surface area contributed by atoms with Crippen LogP contribution in [0.5, 0.6) is 0 Å². The molecule has 2 aliphatic rings. The van der Waals surface area contributed by atoms with E-state index in [1.54, 1.807) is 12.1 Å². The molecule has 0 aliphatic carbocycles. The topological polar surface area (TPSA) is 166 Å². The Morgan fingerprint density at radius 2 is 1.38 bits per heavy atom. The predicted molar refractivity (Wildman–Crippen MR) is 167 cm³/mol. The van der Waals surface area contributed by atoms with Gasteiger partial charge in [-0.05, 0) is 108 Å². The zero-order valence-corrected chi connectivity index (χ0v) is 26.7. The molecule has 0 spiro atoms. The molecule has 2 amide bonds. The van der Waals surface area contributed by atoms with Gasteiger partial charge in [-0.1, -0.05) is 17.7 Å². The number of aryl methyl sites for hydroxylation is 1. The molecule has 0 bridgehead atoms. The minimum Gasteiger partial charge on any atom is -0.480 e. The molecule has 1 atom stereocenters. The van der Waals surface area contributed by atoms with Crippen molar-refractivity contribution in [1.82, 2.24) is 26.0 Å². The van der Waals surface area contributed by atoms with Gasteiger partial charge in [0.25, 0.3) is 0 Å². The highest BCUT2D eigenvalue weighted by molar-refractivity contribution is 7.89. The highest BCUT2D eigenvalue weighted by Crippen LogP contribution is 2.26. The monoisotopic (exact) mass is 651 g/mol. The Balaban J connectivity index is 0.00000441. The number of carbonyl (C=O) groups is 3. The van der Waals surface area contributed by atoms with Crippen LogP contribution in [-0.4, -0.2) is 76.6 Å². The first-order chi connectivity index (χ1) is 19.1. The third-order valence-electron chi connectivity index (χ3n) is 7.99. The second kappa shape index (κ2) is 19.3. The first kappa shape index (κ1) is 38.1. The summed E-state index contributed by atoms with van der Waals surface area (Å²) >= 11 is 0. The molecule has 3 rings (SSSR count). The number of carboxylic acids is 1. The summed E-state index contributed by atoms with van der Waals surface area (Å²) in [4.78, 5) is 37.2. The van der Waals surface area contributed by atoms with Crippen LogP contribution in [0.3, 0.4) is 0 Å². The van der Waals surface area contributed by atoms with Crippen LogP contribution >= 0.6 is 24.8 Å². The van der Waals surface area contributed by atoms with Gasteiger partial charge in [-0.25, -0.2) is 8.42 Å². The molecule has 1 aromatic rings. The fraction of sp³-hybridized carbons (Fsp3) is 0.679. The van der Waals surface area contributed by atoms with E-state index < -0.39 is 34.5 Å². The molecule has 11 nitrogen and oxygen atoms in total. The van der Waals surface area contributed by atoms with E-state index in [4.69, 9.17) is 0 Å². The number of carboxylic acid groups (broad SMARTS) is 1. The van der Waals surface area contributed by atoms with Crippen molar-refractivity contribution in [3.8, 4) is 0 Å². The smallest absolute Gasteiger partial charge is 0.323 e. The average Bonchev–Trinajstić information content (AvgIpc) is 2.95. The van der Waals surface area contributed by atoms with Crippen molar-refractivity contribution in [2.75, 3.05) is 39.3 Å². The summed E-state index contributed by atoms with van der Waals surface area (Å²) in [7, 11) is -4.10. The lowest BCUT2D eigenvalue weighted by Crippen LogP contribution is -2.50. The molecule has 240 valence electrons. The van der Waals surface area contributed by atoms with Gasteiger partial charge in [0.05, 0.1) is 11.4 Å². The van der Waals surface area contributed by atoms with Crippen LogP contribution in [-0.2, 0) is 24.4 Å². The summed E-state index contributed by atoms with van der Waals surface area (Å²) < 4.78 is 27.3. The first-order valence-corrected chi connectivity index (χ1v) is 15.9. The Hall–Kier alpha value is -1.96. The molecule has 1 aromatic carbocycles. The van der Waals surface area contributed by atoms with Crippen molar-refractivity contribution in [3.63, 3.8) is 0 Å². The van der Waals surface area contributed by atoms with E-state index in [0.717, 1.165) is 83.1 Å². The average molecular weight is 653 g/mol. The third-order valence-corrected chi connectivity index (χ3v) is 9.48. The Morgan fingerprint density at radius 1 is 0.881 bits per heavy atom. The van der Waals surface area contributed by atoms with Crippen molar-refractivity contribution in [2.24, 2.45) is 17.8 Å². The highest BCUT2D eigenvalue weighted by atomic mass is 35.5. The SMILES string of the molecule is Cc1ccc(S(=O)(=O)NC(CNC(=O)CNC(=O)C(CCC2CCNCC2)CCC2CCNCC2)C(=O)O)cc1.Cl.Cl. The normalized spacial score (nSPS) is 17.0. The number of nitrogens with one attached hydrogen (secondary N) is 5. The molecule has 0 saturated carbocycles. The molecule has 2 saturated heterocycles. The molecular weight excluding hydrogens is 605 g/mol. The number of carbonyl (C=O) groups excluding carboxylic acids is 2. The zero-order valence-electron chi connectivity index (χ0n) is 24.2. The van der Waals surface area contributed by atoms with Gasteiger partial charge in [0, 0.05) is 12.5 Å². The van der Waals surface area contributed by atoms with Crippen molar-refractivity contribution in [2.45, 2.75) is 69.2 Å². The molecule has 14 heteroatoms. The summed E-state index contributed by atoms with van der Waals surface area (Å²) in [6.07, 6.45) is 7.99. The second-order valence-corrected chi connectivity index (χ2v) is 12.8. The molecule has 0 aromatic heterocycles. The van der Waals surface area contributed by atoms with Gasteiger partial charge in [-0.15, -0.1) is 24.8 Å². The largest absolute Gasteiger partial charge is 0.480 e. The Bertz CT molecular complexity index is 1060. The molecule has 2 aliphatic heterocycles. The van der Waals surface area contributed by atoms with Gasteiger partial charge in [0.1, 0.15) is 6.04 Å². The lowest BCUT2D eigenvalue weighted by molar-refractivity contribution is -0.139.